The van der Waals surface area contributed by atoms with Gasteiger partial charge in [-0.05, 0) is 24.5 Å². The summed E-state index contributed by atoms with van der Waals surface area (Å²) in [5.41, 5.74) is 0.348. The quantitative estimate of drug-likeness (QED) is 0.586. The number of anilines is 1. The molecule has 174 valence electrons. The number of hydrogen-bond donors (Lipinski definition) is 1. The Hall–Kier alpha value is -2.52. The molecule has 0 saturated carbocycles. The van der Waals surface area contributed by atoms with Crippen LogP contribution in [0.1, 0.15) is 17.5 Å². The maximum Gasteiger partial charge on any atom is 0.417 e. The van der Waals surface area contributed by atoms with Crippen LogP contribution in [-0.4, -0.2) is 61.9 Å². The van der Waals surface area contributed by atoms with E-state index >= 15 is 0 Å². The van der Waals surface area contributed by atoms with E-state index in [1.165, 1.54) is 5.56 Å². The number of nitrogens with one attached hydrogen (secondary N) is 1. The van der Waals surface area contributed by atoms with Crippen molar-refractivity contribution in [1.29, 1.82) is 0 Å². The highest BCUT2D eigenvalue weighted by Crippen LogP contribution is 2.33. The highest BCUT2D eigenvalue weighted by molar-refractivity contribution is 6.33. The highest BCUT2D eigenvalue weighted by atomic mass is 35.5. The maximum absolute atomic E-state index is 12.8. The normalized spacial score (nSPS) is 14.5. The molecule has 0 spiro atoms. The molecule has 1 aliphatic rings. The Morgan fingerprint density at radius 2 is 1.84 bits per heavy atom. The van der Waals surface area contributed by atoms with Crippen molar-refractivity contribution in [3.8, 4) is 0 Å². The van der Waals surface area contributed by atoms with Crippen molar-refractivity contribution >= 4 is 23.4 Å². The highest BCUT2D eigenvalue weighted by Gasteiger charge is 2.32. The fourth-order valence-electron chi connectivity index (χ4n) is 3.36. The predicted octanol–water partition coefficient (Wildman–Crippen LogP) is 4.23. The molecule has 1 saturated heterocycles. The second-order valence-electron chi connectivity index (χ2n) is 7.43. The van der Waals surface area contributed by atoms with E-state index in [1.807, 2.05) is 18.2 Å². The molecule has 1 aromatic carbocycles. The van der Waals surface area contributed by atoms with Gasteiger partial charge in [0.15, 0.2) is 0 Å². The Labute approximate surface area is 190 Å². The molecule has 32 heavy (non-hydrogen) atoms. The van der Waals surface area contributed by atoms with Crippen molar-refractivity contribution in [2.75, 3.05) is 50.8 Å². The van der Waals surface area contributed by atoms with Crippen LogP contribution >= 0.6 is 11.6 Å². The van der Waals surface area contributed by atoms with Crippen LogP contribution in [0.4, 0.5) is 23.8 Å². The van der Waals surface area contributed by atoms with E-state index in [0.29, 0.717) is 58.2 Å². The zero-order valence-electron chi connectivity index (χ0n) is 17.6. The van der Waals surface area contributed by atoms with E-state index in [2.05, 4.69) is 22.4 Å². The first-order valence-electron chi connectivity index (χ1n) is 10.5. The molecule has 2 aromatic rings. The number of carbonyl (C=O) groups is 1. The second-order valence-corrected chi connectivity index (χ2v) is 7.84. The smallest absolute Gasteiger partial charge is 0.381 e. The number of halogens is 4. The molecule has 1 aliphatic heterocycles. The van der Waals surface area contributed by atoms with Gasteiger partial charge in [0.1, 0.15) is 5.82 Å². The summed E-state index contributed by atoms with van der Waals surface area (Å²) in [7, 11) is 0. The number of hydrogen-bond acceptors (Lipinski definition) is 4. The summed E-state index contributed by atoms with van der Waals surface area (Å²) in [6, 6.07) is 10.8. The minimum absolute atomic E-state index is 0.0509. The molecule has 2 amide bonds. The molecule has 0 radical (unpaired) electrons. The zero-order chi connectivity index (χ0) is 23.0. The van der Waals surface area contributed by atoms with Crippen LogP contribution in [-0.2, 0) is 17.3 Å². The Kier molecular flexibility index (Phi) is 8.58. The van der Waals surface area contributed by atoms with E-state index in [4.69, 9.17) is 16.3 Å². The largest absolute Gasteiger partial charge is 0.417 e. The molecular formula is C22H26ClF3N4O2. The van der Waals surface area contributed by atoms with Gasteiger partial charge in [0.05, 0.1) is 17.2 Å². The van der Waals surface area contributed by atoms with Gasteiger partial charge in [-0.2, -0.15) is 13.2 Å². The molecule has 1 N–H and O–H groups in total. The summed E-state index contributed by atoms with van der Waals surface area (Å²) >= 11 is 6.01. The number of amides is 2. The Bertz CT molecular complexity index is 875. The van der Waals surface area contributed by atoms with Crippen molar-refractivity contribution in [2.45, 2.75) is 19.0 Å². The van der Waals surface area contributed by atoms with Gasteiger partial charge in [0.2, 0.25) is 0 Å². The number of carbonyl (C=O) groups excluding carboxylic acids is 1. The lowest BCUT2D eigenvalue weighted by Crippen LogP contribution is -2.52. The first-order valence-corrected chi connectivity index (χ1v) is 10.8. The standard InChI is InChI=1S/C22H26ClF3N4O2/c23-19-15-18(22(24,25)26)16-28-20(19)29-9-11-30(12-10-29)21(31)27-8-4-13-32-14-7-17-5-2-1-3-6-17/h1-3,5-6,15-16H,4,7-14H2,(H,27,31). The number of benzene rings is 1. The maximum atomic E-state index is 12.8. The minimum Gasteiger partial charge on any atom is -0.381 e. The summed E-state index contributed by atoms with van der Waals surface area (Å²) in [4.78, 5) is 19.7. The van der Waals surface area contributed by atoms with Gasteiger partial charge in [-0.1, -0.05) is 41.9 Å². The van der Waals surface area contributed by atoms with Gasteiger partial charge in [-0.3, -0.25) is 0 Å². The first kappa shape index (κ1) is 24.1. The lowest BCUT2D eigenvalue weighted by molar-refractivity contribution is -0.137. The van der Waals surface area contributed by atoms with Gasteiger partial charge in [-0.25, -0.2) is 9.78 Å². The van der Waals surface area contributed by atoms with Gasteiger partial charge >= 0.3 is 12.2 Å². The molecule has 0 unspecified atom stereocenters. The number of urea groups is 1. The molecule has 0 bridgehead atoms. The SMILES string of the molecule is O=C(NCCCOCCc1ccccc1)N1CCN(c2ncc(C(F)(F)F)cc2Cl)CC1. The van der Waals surface area contributed by atoms with Gasteiger partial charge in [0.25, 0.3) is 0 Å². The summed E-state index contributed by atoms with van der Waals surface area (Å²) in [6.45, 7) is 3.45. The van der Waals surface area contributed by atoms with Crippen LogP contribution < -0.4 is 10.2 Å². The van der Waals surface area contributed by atoms with Crippen molar-refractivity contribution in [3.05, 3.63) is 58.7 Å². The molecule has 6 nitrogen and oxygen atoms in total. The van der Waals surface area contributed by atoms with E-state index < -0.39 is 11.7 Å². The topological polar surface area (TPSA) is 57.7 Å². The molecule has 1 aromatic heterocycles. The average Bonchev–Trinajstić information content (AvgIpc) is 2.78. The average molecular weight is 471 g/mol. The first-order chi connectivity index (χ1) is 15.3. The van der Waals surface area contributed by atoms with Gasteiger partial charge < -0.3 is 19.9 Å². The molecule has 1 fully saturated rings. The number of piperazine rings is 1. The number of nitrogens with zero attached hydrogens (tertiary/aromatic N) is 3. The molecule has 2 heterocycles. The van der Waals surface area contributed by atoms with Crippen LogP contribution in [0.3, 0.4) is 0 Å². The van der Waals surface area contributed by atoms with E-state index in [1.54, 1.807) is 9.80 Å². The molecule has 0 atom stereocenters. The number of ether oxygens (including phenoxy) is 1. The van der Waals surface area contributed by atoms with Crippen molar-refractivity contribution < 1.29 is 22.7 Å². The summed E-state index contributed by atoms with van der Waals surface area (Å²) in [6.07, 6.45) is -2.14. The Morgan fingerprint density at radius 1 is 1.12 bits per heavy atom. The van der Waals surface area contributed by atoms with Crippen LogP contribution in [0, 0.1) is 0 Å². The molecule has 0 aliphatic carbocycles. The van der Waals surface area contributed by atoms with Gasteiger partial charge in [-0.15, -0.1) is 0 Å². The Balaban J connectivity index is 1.32. The fourth-order valence-corrected chi connectivity index (χ4v) is 3.64. The van der Waals surface area contributed by atoms with Crippen molar-refractivity contribution in [1.82, 2.24) is 15.2 Å². The lowest BCUT2D eigenvalue weighted by Gasteiger charge is -2.35. The zero-order valence-corrected chi connectivity index (χ0v) is 18.3. The number of rotatable bonds is 8. The van der Waals surface area contributed by atoms with Crippen molar-refractivity contribution in [2.24, 2.45) is 0 Å². The third-order valence-corrected chi connectivity index (χ3v) is 5.41. The number of alkyl halides is 3. The Morgan fingerprint density at radius 3 is 2.50 bits per heavy atom. The van der Waals surface area contributed by atoms with E-state index in [0.717, 1.165) is 18.7 Å². The fraction of sp³-hybridized carbons (Fsp3) is 0.455. The summed E-state index contributed by atoms with van der Waals surface area (Å²) in [5, 5.41) is 2.82. The molecular weight excluding hydrogens is 445 g/mol. The third-order valence-electron chi connectivity index (χ3n) is 5.14. The van der Waals surface area contributed by atoms with E-state index in [-0.39, 0.29) is 11.1 Å². The number of aromatic nitrogens is 1. The molecule has 3 rings (SSSR count). The number of pyridine rings is 1. The lowest BCUT2D eigenvalue weighted by atomic mass is 10.2. The van der Waals surface area contributed by atoms with Crippen LogP contribution in [0.2, 0.25) is 5.02 Å². The van der Waals surface area contributed by atoms with Gasteiger partial charge in [0, 0.05) is 45.5 Å². The van der Waals surface area contributed by atoms with Crippen LogP contribution in [0.15, 0.2) is 42.6 Å². The summed E-state index contributed by atoms with van der Waals surface area (Å²) in [5.74, 6) is 0.298. The second kappa shape index (κ2) is 11.4. The van der Waals surface area contributed by atoms with Crippen LogP contribution in [0.25, 0.3) is 0 Å². The van der Waals surface area contributed by atoms with E-state index in [9.17, 15) is 18.0 Å². The van der Waals surface area contributed by atoms with Crippen LogP contribution in [0.5, 0.6) is 0 Å². The summed E-state index contributed by atoms with van der Waals surface area (Å²) < 4.78 is 43.9. The van der Waals surface area contributed by atoms with Crippen molar-refractivity contribution in [3.63, 3.8) is 0 Å². The minimum atomic E-state index is -4.49. The predicted molar refractivity (Wildman–Crippen MR) is 117 cm³/mol. The molecule has 10 heteroatoms. The monoisotopic (exact) mass is 470 g/mol. The third kappa shape index (κ3) is 7.00.